The molecule has 0 aliphatic heterocycles. The van der Waals surface area contributed by atoms with E-state index < -0.39 is 17.4 Å². The third-order valence-corrected chi connectivity index (χ3v) is 5.53. The lowest BCUT2D eigenvalue weighted by Crippen LogP contribution is -2.26. The van der Waals surface area contributed by atoms with Crippen LogP contribution in [0.4, 0.5) is 5.13 Å². The number of rotatable bonds is 7. The second-order valence-corrected chi connectivity index (χ2v) is 7.82. The lowest BCUT2D eigenvalue weighted by Gasteiger charge is -2.13. The van der Waals surface area contributed by atoms with E-state index in [4.69, 9.17) is 4.74 Å². The molecule has 2 heterocycles. The second-order valence-electron chi connectivity index (χ2n) is 6.96. The highest BCUT2D eigenvalue weighted by molar-refractivity contribution is 7.14. The van der Waals surface area contributed by atoms with Gasteiger partial charge in [0.1, 0.15) is 5.56 Å². The van der Waals surface area contributed by atoms with Crippen molar-refractivity contribution in [2.75, 3.05) is 11.9 Å². The van der Waals surface area contributed by atoms with Gasteiger partial charge in [0.2, 0.25) is 0 Å². The van der Waals surface area contributed by atoms with Crippen molar-refractivity contribution in [3.05, 3.63) is 87.7 Å². The number of esters is 1. The summed E-state index contributed by atoms with van der Waals surface area (Å²) in [7, 11) is 0. The zero-order valence-electron chi connectivity index (χ0n) is 17.7. The quantitative estimate of drug-likeness (QED) is 0.404. The number of nitrogens with one attached hydrogen (secondary N) is 2. The third kappa shape index (κ3) is 5.04. The number of anilines is 1. The minimum absolute atomic E-state index is 0.00344. The number of carbonyl (C=O) groups excluding carboxylic acids is 2. The lowest BCUT2D eigenvalue weighted by molar-refractivity contribution is -0.142. The minimum atomic E-state index is -0.619. The molecule has 8 nitrogen and oxygen atoms in total. The van der Waals surface area contributed by atoms with Crippen LogP contribution in [0.2, 0.25) is 0 Å². The first-order valence-corrected chi connectivity index (χ1v) is 11.1. The highest BCUT2D eigenvalue weighted by atomic mass is 32.1. The third-order valence-electron chi connectivity index (χ3n) is 4.72. The minimum Gasteiger partial charge on any atom is -0.466 e. The molecule has 0 fully saturated rings. The van der Waals surface area contributed by atoms with Gasteiger partial charge in [0.15, 0.2) is 5.13 Å². The fourth-order valence-electron chi connectivity index (χ4n) is 3.32. The predicted octanol–water partition coefficient (Wildman–Crippen LogP) is 3.92. The summed E-state index contributed by atoms with van der Waals surface area (Å²) in [6, 6.07) is 18.5. The number of thiazole rings is 1. The van der Waals surface area contributed by atoms with Crippen LogP contribution in [0, 0.1) is 0 Å². The maximum Gasteiger partial charge on any atom is 0.311 e. The van der Waals surface area contributed by atoms with Crippen LogP contribution in [0.25, 0.3) is 22.4 Å². The number of carbonyl (C=O) groups is 2. The number of benzene rings is 2. The highest BCUT2D eigenvalue weighted by Crippen LogP contribution is 2.32. The molecule has 33 heavy (non-hydrogen) atoms. The normalized spacial score (nSPS) is 10.6. The van der Waals surface area contributed by atoms with Gasteiger partial charge in [-0.2, -0.15) is 5.10 Å². The van der Waals surface area contributed by atoms with E-state index >= 15 is 0 Å². The Morgan fingerprint density at radius 1 is 1.03 bits per heavy atom. The van der Waals surface area contributed by atoms with Crippen LogP contribution in [0.15, 0.2) is 70.8 Å². The van der Waals surface area contributed by atoms with E-state index in [0.29, 0.717) is 22.5 Å². The van der Waals surface area contributed by atoms with Gasteiger partial charge in [-0.05, 0) is 12.5 Å². The molecule has 0 saturated carbocycles. The van der Waals surface area contributed by atoms with Crippen molar-refractivity contribution < 1.29 is 14.3 Å². The average Bonchev–Trinajstić information content (AvgIpc) is 3.26. The number of hydrogen-bond donors (Lipinski definition) is 2. The van der Waals surface area contributed by atoms with Crippen molar-refractivity contribution in [1.82, 2.24) is 15.2 Å². The Kier molecular flexibility index (Phi) is 6.70. The smallest absolute Gasteiger partial charge is 0.311 e. The Balaban J connectivity index is 1.73. The van der Waals surface area contributed by atoms with Gasteiger partial charge in [-0.3, -0.25) is 19.7 Å². The maximum atomic E-state index is 13.3. The summed E-state index contributed by atoms with van der Waals surface area (Å²) in [6.07, 6.45) is 0.00344. The molecule has 166 valence electrons. The van der Waals surface area contributed by atoms with Gasteiger partial charge in [0.25, 0.3) is 11.5 Å². The summed E-state index contributed by atoms with van der Waals surface area (Å²) in [6.45, 7) is 2.01. The van der Waals surface area contributed by atoms with Crippen LogP contribution < -0.4 is 10.9 Å². The van der Waals surface area contributed by atoms with Crippen LogP contribution in [-0.2, 0) is 16.0 Å². The summed E-state index contributed by atoms with van der Waals surface area (Å²) in [4.78, 5) is 42.0. The Labute approximate surface area is 193 Å². The lowest BCUT2D eigenvalue weighted by atomic mass is 9.95. The molecule has 9 heteroatoms. The maximum absolute atomic E-state index is 13.3. The van der Waals surface area contributed by atoms with Gasteiger partial charge < -0.3 is 4.74 Å². The number of aromatic nitrogens is 3. The summed E-state index contributed by atoms with van der Waals surface area (Å²) in [5.41, 5.74) is 2.13. The van der Waals surface area contributed by atoms with Crippen LogP contribution >= 0.6 is 11.3 Å². The summed E-state index contributed by atoms with van der Waals surface area (Å²) >= 11 is 1.16. The van der Waals surface area contributed by atoms with Crippen molar-refractivity contribution in [1.29, 1.82) is 0 Å². The van der Waals surface area contributed by atoms with Gasteiger partial charge in [-0.15, -0.1) is 11.3 Å². The number of aromatic amines is 1. The monoisotopic (exact) mass is 460 g/mol. The van der Waals surface area contributed by atoms with E-state index in [0.717, 1.165) is 16.9 Å². The van der Waals surface area contributed by atoms with E-state index in [-0.39, 0.29) is 23.7 Å². The highest BCUT2D eigenvalue weighted by Gasteiger charge is 2.24. The average molecular weight is 461 g/mol. The first kappa shape index (κ1) is 22.1. The van der Waals surface area contributed by atoms with Gasteiger partial charge >= 0.3 is 5.97 Å². The molecule has 0 spiro atoms. The number of nitrogens with zero attached hydrogens (tertiary/aromatic N) is 2. The Bertz CT molecular complexity index is 1330. The molecule has 0 radical (unpaired) electrons. The molecule has 0 saturated heterocycles. The van der Waals surface area contributed by atoms with Gasteiger partial charge in [0, 0.05) is 16.5 Å². The van der Waals surface area contributed by atoms with Crippen molar-refractivity contribution in [3.8, 4) is 22.4 Å². The Morgan fingerprint density at radius 2 is 1.70 bits per heavy atom. The predicted molar refractivity (Wildman–Crippen MR) is 126 cm³/mol. The first-order valence-electron chi connectivity index (χ1n) is 10.2. The fraction of sp³-hybridized carbons (Fsp3) is 0.125. The van der Waals surface area contributed by atoms with Gasteiger partial charge in [0.05, 0.1) is 24.4 Å². The molecule has 2 aromatic carbocycles. The van der Waals surface area contributed by atoms with Crippen LogP contribution in [0.3, 0.4) is 0 Å². The van der Waals surface area contributed by atoms with E-state index in [9.17, 15) is 14.4 Å². The molecule has 2 aromatic heterocycles. The molecule has 0 bridgehead atoms. The van der Waals surface area contributed by atoms with E-state index in [1.54, 1.807) is 12.3 Å². The van der Waals surface area contributed by atoms with Crippen molar-refractivity contribution in [3.63, 3.8) is 0 Å². The van der Waals surface area contributed by atoms with E-state index in [1.165, 1.54) is 0 Å². The molecule has 0 unspecified atom stereocenters. The van der Waals surface area contributed by atoms with E-state index in [2.05, 4.69) is 20.5 Å². The molecule has 1 amide bonds. The first-order chi connectivity index (χ1) is 16.1. The van der Waals surface area contributed by atoms with Crippen LogP contribution in [-0.4, -0.2) is 33.7 Å². The van der Waals surface area contributed by atoms with E-state index in [1.807, 2.05) is 60.7 Å². The van der Waals surface area contributed by atoms with Gasteiger partial charge in [-0.1, -0.05) is 60.7 Å². The molecular weight excluding hydrogens is 440 g/mol. The topological polar surface area (TPSA) is 114 Å². The second kappa shape index (κ2) is 10.0. The summed E-state index contributed by atoms with van der Waals surface area (Å²) in [5, 5.41) is 11.3. The molecular formula is C24H20N4O4S. The Morgan fingerprint density at radius 3 is 2.36 bits per heavy atom. The molecule has 0 aliphatic rings. The fourth-order valence-corrected chi connectivity index (χ4v) is 4.03. The number of ether oxygens (including phenoxy) is 1. The number of hydrogen-bond acceptors (Lipinski definition) is 7. The van der Waals surface area contributed by atoms with Crippen molar-refractivity contribution in [2.45, 2.75) is 13.3 Å². The largest absolute Gasteiger partial charge is 0.466 e. The Hall–Kier alpha value is -4.11. The summed E-state index contributed by atoms with van der Waals surface area (Å²) < 4.78 is 4.93. The SMILES string of the molecule is CCOC(=O)Cc1csc(NC(=O)c2c(-c3ccccc3)c(-c3ccccc3)n[nH]c2=O)n1. The zero-order valence-corrected chi connectivity index (χ0v) is 18.5. The van der Waals surface area contributed by atoms with Crippen LogP contribution in [0.1, 0.15) is 23.0 Å². The summed E-state index contributed by atoms with van der Waals surface area (Å²) in [5.74, 6) is -1.02. The van der Waals surface area contributed by atoms with Crippen molar-refractivity contribution >= 4 is 28.3 Å². The molecule has 0 aliphatic carbocycles. The number of amides is 1. The van der Waals surface area contributed by atoms with Crippen molar-refractivity contribution in [2.24, 2.45) is 0 Å². The molecule has 0 atom stereocenters. The number of H-pyrrole nitrogens is 1. The zero-order chi connectivity index (χ0) is 23.2. The molecule has 4 aromatic rings. The molecule has 4 rings (SSSR count). The van der Waals surface area contributed by atoms with Gasteiger partial charge in [-0.25, -0.2) is 10.1 Å². The standard InChI is InChI=1S/C24H20N4O4S/c1-2-32-18(29)13-17-14-33-24(25-17)26-22(30)20-19(15-9-5-3-6-10-15)21(27-28-23(20)31)16-11-7-4-8-12-16/h3-12,14H,2,13H2,1H3,(H,28,31)(H,25,26,30). The molecule has 2 N–H and O–H groups in total. The van der Waals surface area contributed by atoms with Crippen LogP contribution in [0.5, 0.6) is 0 Å².